The van der Waals surface area contributed by atoms with E-state index < -0.39 is 5.24 Å². The average molecular weight is 247 g/mol. The number of rotatable bonds is 3. The minimum Gasteiger partial charge on any atom is -0.457 e. The number of benzene rings is 1. The molecule has 0 aliphatic heterocycles. The second kappa shape index (κ2) is 5.02. The highest BCUT2D eigenvalue weighted by molar-refractivity contribution is 6.66. The van der Waals surface area contributed by atoms with Crippen LogP contribution < -0.4 is 0 Å². The fourth-order valence-electron chi connectivity index (χ4n) is 1.46. The third kappa shape index (κ3) is 3.08. The van der Waals surface area contributed by atoms with Crippen molar-refractivity contribution in [3.05, 3.63) is 53.8 Å². The van der Waals surface area contributed by atoms with Gasteiger partial charge in [-0.15, -0.1) is 0 Å². The second-order valence-corrected chi connectivity index (χ2v) is 4.08. The SMILES string of the molecule is Cc1ccc(-c2ccc(/C=C/C(=O)Cl)o2)cc1. The Bertz CT molecular complexity index is 550. The first-order valence-electron chi connectivity index (χ1n) is 5.19. The van der Waals surface area contributed by atoms with Crippen LogP contribution in [0.15, 0.2) is 46.9 Å². The Hall–Kier alpha value is -1.80. The summed E-state index contributed by atoms with van der Waals surface area (Å²) in [5, 5.41) is -0.515. The lowest BCUT2D eigenvalue weighted by atomic mass is 10.1. The number of halogens is 1. The Morgan fingerprint density at radius 1 is 1.18 bits per heavy atom. The molecule has 0 unspecified atom stereocenters. The normalized spacial score (nSPS) is 10.9. The summed E-state index contributed by atoms with van der Waals surface area (Å²) >= 11 is 5.20. The molecule has 0 saturated heterocycles. The maximum absolute atomic E-state index is 10.6. The van der Waals surface area contributed by atoms with Crippen molar-refractivity contribution in [2.75, 3.05) is 0 Å². The third-order valence-corrected chi connectivity index (χ3v) is 2.47. The molecule has 1 aromatic heterocycles. The molecule has 0 radical (unpaired) electrons. The van der Waals surface area contributed by atoms with Crippen LogP contribution in [-0.4, -0.2) is 5.24 Å². The van der Waals surface area contributed by atoms with Gasteiger partial charge in [0, 0.05) is 11.6 Å². The molecule has 0 bridgehead atoms. The van der Waals surface area contributed by atoms with Crippen molar-refractivity contribution < 1.29 is 9.21 Å². The molecule has 86 valence electrons. The molecule has 0 saturated carbocycles. The molecule has 17 heavy (non-hydrogen) atoms. The zero-order valence-corrected chi connectivity index (χ0v) is 10.1. The van der Waals surface area contributed by atoms with Crippen molar-refractivity contribution in [2.45, 2.75) is 6.92 Å². The van der Waals surface area contributed by atoms with Gasteiger partial charge in [-0.2, -0.15) is 0 Å². The number of carbonyl (C=O) groups is 1. The van der Waals surface area contributed by atoms with Crippen molar-refractivity contribution in [2.24, 2.45) is 0 Å². The van der Waals surface area contributed by atoms with Gasteiger partial charge in [-0.05, 0) is 36.7 Å². The summed E-state index contributed by atoms with van der Waals surface area (Å²) in [5.41, 5.74) is 2.21. The molecule has 0 aliphatic rings. The standard InChI is InChI=1S/C14H11ClO2/c1-10-2-4-11(5-3-10)13-8-6-12(17-13)7-9-14(15)16/h2-9H,1H3/b9-7+. The highest BCUT2D eigenvalue weighted by Gasteiger charge is 2.02. The van der Waals surface area contributed by atoms with Gasteiger partial charge in [-0.1, -0.05) is 29.8 Å². The fourth-order valence-corrected chi connectivity index (χ4v) is 1.53. The fraction of sp³-hybridized carbons (Fsp3) is 0.0714. The minimum absolute atomic E-state index is 0.515. The van der Waals surface area contributed by atoms with E-state index in [0.717, 1.165) is 11.3 Å². The van der Waals surface area contributed by atoms with E-state index in [9.17, 15) is 4.79 Å². The van der Waals surface area contributed by atoms with Gasteiger partial charge in [0.15, 0.2) is 0 Å². The van der Waals surface area contributed by atoms with Crippen molar-refractivity contribution in [3.63, 3.8) is 0 Å². The molecule has 0 atom stereocenters. The molecule has 2 nitrogen and oxygen atoms in total. The molecule has 0 amide bonds. The second-order valence-electron chi connectivity index (χ2n) is 3.71. The maximum atomic E-state index is 10.6. The number of furan rings is 1. The Balaban J connectivity index is 2.23. The maximum Gasteiger partial charge on any atom is 0.245 e. The highest BCUT2D eigenvalue weighted by atomic mass is 35.5. The van der Waals surface area contributed by atoms with Crippen LogP contribution in [0.4, 0.5) is 0 Å². The molecule has 3 heteroatoms. The number of carbonyl (C=O) groups excluding carboxylic acids is 1. The van der Waals surface area contributed by atoms with Crippen LogP contribution >= 0.6 is 11.6 Å². The topological polar surface area (TPSA) is 30.2 Å². The number of aryl methyl sites for hydroxylation is 1. The monoisotopic (exact) mass is 246 g/mol. The Labute approximate surface area is 105 Å². The lowest BCUT2D eigenvalue weighted by Gasteiger charge is -1.97. The van der Waals surface area contributed by atoms with E-state index >= 15 is 0 Å². The molecule has 2 aromatic rings. The zero-order chi connectivity index (χ0) is 12.3. The Kier molecular flexibility index (Phi) is 3.45. The van der Waals surface area contributed by atoms with Crippen LogP contribution in [-0.2, 0) is 4.79 Å². The molecule has 0 fully saturated rings. The Morgan fingerprint density at radius 3 is 2.53 bits per heavy atom. The van der Waals surface area contributed by atoms with E-state index in [4.69, 9.17) is 16.0 Å². The Morgan fingerprint density at radius 2 is 1.88 bits per heavy atom. The number of hydrogen-bond acceptors (Lipinski definition) is 2. The summed E-state index contributed by atoms with van der Waals surface area (Å²) in [5.74, 6) is 1.38. The number of allylic oxidation sites excluding steroid dienone is 1. The largest absolute Gasteiger partial charge is 0.457 e. The van der Waals surface area contributed by atoms with E-state index in [1.165, 1.54) is 11.6 Å². The van der Waals surface area contributed by atoms with Crippen molar-refractivity contribution in [3.8, 4) is 11.3 Å². The predicted molar refractivity (Wildman–Crippen MR) is 68.8 cm³/mol. The molecular weight excluding hydrogens is 236 g/mol. The van der Waals surface area contributed by atoms with Crippen molar-refractivity contribution in [1.29, 1.82) is 0 Å². The van der Waals surface area contributed by atoms with E-state index in [0.29, 0.717) is 5.76 Å². The quantitative estimate of drug-likeness (QED) is 0.605. The summed E-state index contributed by atoms with van der Waals surface area (Å²) in [6.45, 7) is 2.03. The molecule has 0 spiro atoms. The van der Waals surface area contributed by atoms with Gasteiger partial charge in [0.1, 0.15) is 11.5 Å². The predicted octanol–water partition coefficient (Wildman–Crippen LogP) is 4.03. The van der Waals surface area contributed by atoms with Gasteiger partial charge in [-0.25, -0.2) is 0 Å². The lowest BCUT2D eigenvalue weighted by Crippen LogP contribution is -1.75. The summed E-state index contributed by atoms with van der Waals surface area (Å²) in [6.07, 6.45) is 2.81. The summed E-state index contributed by atoms with van der Waals surface area (Å²) in [7, 11) is 0. The van der Waals surface area contributed by atoms with Gasteiger partial charge < -0.3 is 4.42 Å². The van der Waals surface area contributed by atoms with E-state index in [-0.39, 0.29) is 0 Å². The van der Waals surface area contributed by atoms with Gasteiger partial charge in [0.05, 0.1) is 0 Å². The zero-order valence-electron chi connectivity index (χ0n) is 9.31. The molecule has 2 rings (SSSR count). The minimum atomic E-state index is -0.515. The smallest absolute Gasteiger partial charge is 0.245 e. The first-order chi connectivity index (χ1) is 8.15. The summed E-state index contributed by atoms with van der Waals surface area (Å²) in [6, 6.07) is 11.7. The molecule has 1 heterocycles. The average Bonchev–Trinajstić information content (AvgIpc) is 2.76. The van der Waals surface area contributed by atoms with Crippen LogP contribution in [0.5, 0.6) is 0 Å². The third-order valence-electron chi connectivity index (χ3n) is 2.34. The van der Waals surface area contributed by atoms with Crippen LogP contribution in [0.3, 0.4) is 0 Å². The number of hydrogen-bond donors (Lipinski definition) is 0. The van der Waals surface area contributed by atoms with Crippen LogP contribution in [0.1, 0.15) is 11.3 Å². The summed E-state index contributed by atoms with van der Waals surface area (Å²) in [4.78, 5) is 10.6. The van der Waals surface area contributed by atoms with E-state index in [1.54, 1.807) is 12.1 Å². The van der Waals surface area contributed by atoms with Gasteiger partial charge in [-0.3, -0.25) is 4.79 Å². The molecule has 1 aromatic carbocycles. The lowest BCUT2D eigenvalue weighted by molar-refractivity contribution is -0.107. The highest BCUT2D eigenvalue weighted by Crippen LogP contribution is 2.23. The van der Waals surface area contributed by atoms with Crippen molar-refractivity contribution >= 4 is 22.9 Å². The van der Waals surface area contributed by atoms with E-state index in [1.807, 2.05) is 37.3 Å². The first kappa shape index (κ1) is 11.7. The van der Waals surface area contributed by atoms with Crippen molar-refractivity contribution in [1.82, 2.24) is 0 Å². The molecule has 0 aliphatic carbocycles. The van der Waals surface area contributed by atoms with Gasteiger partial charge >= 0.3 is 0 Å². The molecular formula is C14H11ClO2. The summed E-state index contributed by atoms with van der Waals surface area (Å²) < 4.78 is 5.56. The van der Waals surface area contributed by atoms with Gasteiger partial charge in [0.2, 0.25) is 5.24 Å². The molecule has 0 N–H and O–H groups in total. The van der Waals surface area contributed by atoms with Crippen LogP contribution in [0.25, 0.3) is 17.4 Å². The van der Waals surface area contributed by atoms with Crippen LogP contribution in [0, 0.1) is 6.92 Å². The van der Waals surface area contributed by atoms with E-state index in [2.05, 4.69) is 0 Å². The van der Waals surface area contributed by atoms with Gasteiger partial charge in [0.25, 0.3) is 0 Å². The van der Waals surface area contributed by atoms with Crippen LogP contribution in [0.2, 0.25) is 0 Å². The first-order valence-corrected chi connectivity index (χ1v) is 5.57.